The quantitative estimate of drug-likeness (QED) is 0.587. The Kier molecular flexibility index (Phi) is 3.84. The Morgan fingerprint density at radius 1 is 1.05 bits per heavy atom. The predicted octanol–water partition coefficient (Wildman–Crippen LogP) is 5.68. The SMILES string of the molecule is CC1=CCC(C(C)(C)CC2=CCC(C3=CCC=C3)=CC2)=N1. The standard InChI is InChI=1S/C20H25N/c1-15-8-13-19(21-15)20(2,3)14-16-9-11-18(12-10-16)17-6-4-5-7-17/h4,6-9,12H,5,10-11,13-14H2,1-3H3. The summed E-state index contributed by atoms with van der Waals surface area (Å²) in [5.74, 6) is 0. The van der Waals surface area contributed by atoms with E-state index in [4.69, 9.17) is 4.99 Å². The number of hydrogen-bond acceptors (Lipinski definition) is 1. The molecule has 0 N–H and O–H groups in total. The van der Waals surface area contributed by atoms with Crippen LogP contribution in [0.15, 0.2) is 63.9 Å². The van der Waals surface area contributed by atoms with Gasteiger partial charge in [-0.3, -0.25) is 4.99 Å². The Morgan fingerprint density at radius 2 is 1.90 bits per heavy atom. The number of hydrogen-bond donors (Lipinski definition) is 0. The summed E-state index contributed by atoms with van der Waals surface area (Å²) in [7, 11) is 0. The van der Waals surface area contributed by atoms with E-state index < -0.39 is 0 Å². The van der Waals surface area contributed by atoms with E-state index >= 15 is 0 Å². The van der Waals surface area contributed by atoms with Crippen molar-refractivity contribution in [2.45, 2.75) is 52.9 Å². The molecule has 0 atom stereocenters. The van der Waals surface area contributed by atoms with Gasteiger partial charge in [-0.15, -0.1) is 0 Å². The van der Waals surface area contributed by atoms with Crippen molar-refractivity contribution in [3.05, 3.63) is 58.9 Å². The lowest BCUT2D eigenvalue weighted by molar-refractivity contribution is 0.506. The number of aliphatic imine (C=N–C) groups is 1. The molecule has 110 valence electrons. The highest BCUT2D eigenvalue weighted by atomic mass is 14.8. The van der Waals surface area contributed by atoms with Crippen molar-refractivity contribution in [2.24, 2.45) is 10.4 Å². The van der Waals surface area contributed by atoms with Gasteiger partial charge in [0.1, 0.15) is 0 Å². The molecule has 2 aliphatic carbocycles. The fourth-order valence-electron chi connectivity index (χ4n) is 3.40. The minimum absolute atomic E-state index is 0.179. The maximum Gasteiger partial charge on any atom is 0.0336 e. The summed E-state index contributed by atoms with van der Waals surface area (Å²) >= 11 is 0. The Labute approximate surface area is 128 Å². The summed E-state index contributed by atoms with van der Waals surface area (Å²) < 4.78 is 0. The van der Waals surface area contributed by atoms with E-state index in [2.05, 4.69) is 57.2 Å². The van der Waals surface area contributed by atoms with Crippen LogP contribution in [0.3, 0.4) is 0 Å². The fraction of sp³-hybridized carbons (Fsp3) is 0.450. The van der Waals surface area contributed by atoms with Gasteiger partial charge >= 0.3 is 0 Å². The zero-order chi connectivity index (χ0) is 14.9. The molecular formula is C20H25N. The summed E-state index contributed by atoms with van der Waals surface area (Å²) in [5.41, 5.74) is 7.21. The highest BCUT2D eigenvalue weighted by Crippen LogP contribution is 2.36. The highest BCUT2D eigenvalue weighted by molar-refractivity contribution is 5.93. The van der Waals surface area contributed by atoms with Crippen molar-refractivity contribution in [1.82, 2.24) is 0 Å². The fourth-order valence-corrected chi connectivity index (χ4v) is 3.40. The molecule has 1 heteroatoms. The minimum Gasteiger partial charge on any atom is -0.262 e. The second-order valence-corrected chi connectivity index (χ2v) is 6.97. The first kappa shape index (κ1) is 14.3. The van der Waals surface area contributed by atoms with Crippen molar-refractivity contribution in [3.8, 4) is 0 Å². The smallest absolute Gasteiger partial charge is 0.0336 e. The van der Waals surface area contributed by atoms with Gasteiger partial charge in [-0.1, -0.05) is 55.9 Å². The zero-order valence-corrected chi connectivity index (χ0v) is 13.4. The number of allylic oxidation sites excluding steroid dienone is 10. The molecule has 0 bridgehead atoms. The maximum absolute atomic E-state index is 4.72. The van der Waals surface area contributed by atoms with Crippen LogP contribution in [0.2, 0.25) is 0 Å². The minimum atomic E-state index is 0.179. The lowest BCUT2D eigenvalue weighted by atomic mass is 9.78. The number of nitrogens with zero attached hydrogens (tertiary/aromatic N) is 1. The summed E-state index contributed by atoms with van der Waals surface area (Å²) in [4.78, 5) is 4.72. The highest BCUT2D eigenvalue weighted by Gasteiger charge is 2.27. The van der Waals surface area contributed by atoms with E-state index in [9.17, 15) is 0 Å². The average Bonchev–Trinajstić information content (AvgIpc) is 3.10. The lowest BCUT2D eigenvalue weighted by Gasteiger charge is -2.27. The Balaban J connectivity index is 1.62. The van der Waals surface area contributed by atoms with Crippen molar-refractivity contribution in [3.63, 3.8) is 0 Å². The molecule has 0 spiro atoms. The third-order valence-electron chi connectivity index (χ3n) is 4.72. The van der Waals surface area contributed by atoms with E-state index in [0.717, 1.165) is 32.1 Å². The first-order valence-corrected chi connectivity index (χ1v) is 8.03. The van der Waals surface area contributed by atoms with Gasteiger partial charge in [0.15, 0.2) is 0 Å². The van der Waals surface area contributed by atoms with E-state index in [-0.39, 0.29) is 5.41 Å². The molecule has 0 radical (unpaired) electrons. The van der Waals surface area contributed by atoms with Crippen LogP contribution in [-0.4, -0.2) is 5.71 Å². The van der Waals surface area contributed by atoms with Gasteiger partial charge in [0.05, 0.1) is 0 Å². The van der Waals surface area contributed by atoms with E-state index in [1.165, 1.54) is 22.6 Å². The molecule has 21 heavy (non-hydrogen) atoms. The van der Waals surface area contributed by atoms with Crippen LogP contribution < -0.4 is 0 Å². The van der Waals surface area contributed by atoms with Gasteiger partial charge in [0, 0.05) is 23.2 Å². The molecule has 1 nitrogen and oxygen atoms in total. The summed E-state index contributed by atoms with van der Waals surface area (Å²) in [5, 5.41) is 0. The molecule has 3 rings (SSSR count). The van der Waals surface area contributed by atoms with Gasteiger partial charge in [-0.2, -0.15) is 0 Å². The van der Waals surface area contributed by atoms with Crippen LogP contribution in [0.4, 0.5) is 0 Å². The van der Waals surface area contributed by atoms with Crippen LogP contribution in [0, 0.1) is 5.41 Å². The molecule has 0 aromatic heterocycles. The van der Waals surface area contributed by atoms with Crippen LogP contribution in [0.5, 0.6) is 0 Å². The van der Waals surface area contributed by atoms with E-state index in [0.29, 0.717) is 0 Å². The molecule has 0 aromatic carbocycles. The molecule has 0 aromatic rings. The van der Waals surface area contributed by atoms with Crippen LogP contribution in [-0.2, 0) is 0 Å². The Bertz CT molecular complexity index is 618. The first-order chi connectivity index (χ1) is 10.0. The lowest BCUT2D eigenvalue weighted by Crippen LogP contribution is -2.23. The maximum atomic E-state index is 4.72. The van der Waals surface area contributed by atoms with Crippen molar-refractivity contribution in [2.75, 3.05) is 0 Å². The molecule has 3 aliphatic rings. The topological polar surface area (TPSA) is 12.4 Å². The van der Waals surface area contributed by atoms with Crippen molar-refractivity contribution in [1.29, 1.82) is 0 Å². The average molecular weight is 279 g/mol. The number of rotatable bonds is 4. The molecule has 0 amide bonds. The zero-order valence-electron chi connectivity index (χ0n) is 13.4. The largest absolute Gasteiger partial charge is 0.262 e. The summed E-state index contributed by atoms with van der Waals surface area (Å²) in [6.07, 6.45) is 19.4. The molecular weight excluding hydrogens is 254 g/mol. The van der Waals surface area contributed by atoms with Crippen LogP contribution >= 0.6 is 0 Å². The van der Waals surface area contributed by atoms with Crippen LogP contribution in [0.1, 0.15) is 52.9 Å². The van der Waals surface area contributed by atoms with Gasteiger partial charge < -0.3 is 0 Å². The Morgan fingerprint density at radius 3 is 2.48 bits per heavy atom. The monoisotopic (exact) mass is 279 g/mol. The summed E-state index contributed by atoms with van der Waals surface area (Å²) in [6.45, 7) is 6.77. The molecule has 0 saturated heterocycles. The van der Waals surface area contributed by atoms with Crippen LogP contribution in [0.25, 0.3) is 0 Å². The molecule has 1 aliphatic heterocycles. The second kappa shape index (κ2) is 5.63. The third-order valence-corrected chi connectivity index (χ3v) is 4.72. The van der Waals surface area contributed by atoms with Crippen molar-refractivity contribution < 1.29 is 0 Å². The van der Waals surface area contributed by atoms with Gasteiger partial charge in [-0.25, -0.2) is 0 Å². The van der Waals surface area contributed by atoms with E-state index in [1.807, 2.05) is 0 Å². The normalized spacial score (nSPS) is 21.8. The molecule has 1 heterocycles. The van der Waals surface area contributed by atoms with Gasteiger partial charge in [0.25, 0.3) is 0 Å². The predicted molar refractivity (Wildman–Crippen MR) is 91.4 cm³/mol. The molecule has 0 unspecified atom stereocenters. The third kappa shape index (κ3) is 3.18. The molecule has 0 saturated carbocycles. The molecule has 0 fully saturated rings. The van der Waals surface area contributed by atoms with Gasteiger partial charge in [-0.05, 0) is 43.8 Å². The first-order valence-electron chi connectivity index (χ1n) is 8.03. The van der Waals surface area contributed by atoms with E-state index in [1.54, 1.807) is 5.57 Å². The van der Waals surface area contributed by atoms with Crippen molar-refractivity contribution >= 4 is 5.71 Å². The van der Waals surface area contributed by atoms with Gasteiger partial charge in [0.2, 0.25) is 0 Å². The summed E-state index contributed by atoms with van der Waals surface area (Å²) in [6, 6.07) is 0. The Hall–Kier alpha value is -1.63. The second-order valence-electron chi connectivity index (χ2n) is 6.97.